The van der Waals surface area contributed by atoms with Gasteiger partial charge in [-0.1, -0.05) is 72.8 Å². The van der Waals surface area contributed by atoms with Crippen molar-refractivity contribution in [2.24, 2.45) is 0 Å². The standard InChI is InChI=1S/C27H30N4O2/c32-27-28-24-14-7-8-15-25(24)30(27)16-9-19-31(33)20-17-29(18-21-31)26(22-10-3-1-4-11-22)23-12-5-2-6-13-23/h1-8,10-15,26H,9,16-21H2,(H,28,32). The lowest BCUT2D eigenvalue weighted by Gasteiger charge is -2.50. The van der Waals surface area contributed by atoms with Crippen LogP contribution in [0.1, 0.15) is 23.6 Å². The van der Waals surface area contributed by atoms with Gasteiger partial charge in [-0.25, -0.2) is 4.79 Å². The lowest BCUT2D eigenvalue weighted by atomic mass is 9.96. The molecule has 33 heavy (non-hydrogen) atoms. The van der Waals surface area contributed by atoms with E-state index in [-0.39, 0.29) is 16.4 Å². The fourth-order valence-corrected chi connectivity index (χ4v) is 5.06. The molecule has 0 spiro atoms. The van der Waals surface area contributed by atoms with Gasteiger partial charge < -0.3 is 14.8 Å². The summed E-state index contributed by atoms with van der Waals surface area (Å²) in [5.41, 5.74) is 4.15. The van der Waals surface area contributed by atoms with E-state index in [2.05, 4.69) is 58.4 Å². The third-order valence-electron chi connectivity index (χ3n) is 6.81. The Kier molecular flexibility index (Phi) is 6.13. The number of aromatic amines is 1. The Balaban J connectivity index is 1.24. The number of quaternary nitrogens is 1. The molecule has 1 aliphatic heterocycles. The van der Waals surface area contributed by atoms with E-state index in [1.165, 1.54) is 11.1 Å². The van der Waals surface area contributed by atoms with Gasteiger partial charge in [-0.15, -0.1) is 0 Å². The Bertz CT molecular complexity index is 1200. The highest BCUT2D eigenvalue weighted by molar-refractivity contribution is 5.74. The van der Waals surface area contributed by atoms with Gasteiger partial charge in [0.05, 0.1) is 36.7 Å². The van der Waals surface area contributed by atoms with Crippen molar-refractivity contribution in [3.63, 3.8) is 0 Å². The summed E-state index contributed by atoms with van der Waals surface area (Å²) in [7, 11) is 0. The number of para-hydroxylation sites is 2. The number of nitrogens with zero attached hydrogens (tertiary/aromatic N) is 3. The molecule has 0 aliphatic carbocycles. The van der Waals surface area contributed by atoms with E-state index in [4.69, 9.17) is 0 Å². The quantitative estimate of drug-likeness (QED) is 0.346. The molecule has 170 valence electrons. The summed E-state index contributed by atoms with van der Waals surface area (Å²) in [6, 6.07) is 28.9. The summed E-state index contributed by atoms with van der Waals surface area (Å²) in [5.74, 6) is 0. The Morgan fingerprint density at radius 1 is 0.848 bits per heavy atom. The highest BCUT2D eigenvalue weighted by Gasteiger charge is 2.31. The molecule has 2 heterocycles. The van der Waals surface area contributed by atoms with Crippen LogP contribution in [-0.2, 0) is 6.54 Å². The first-order valence-corrected chi connectivity index (χ1v) is 11.7. The Morgan fingerprint density at radius 3 is 2.06 bits per heavy atom. The molecule has 0 saturated carbocycles. The fraction of sp³-hybridized carbons (Fsp3) is 0.296. The maximum absolute atomic E-state index is 13.5. The van der Waals surface area contributed by atoms with E-state index in [0.29, 0.717) is 32.6 Å². The second kappa shape index (κ2) is 9.35. The van der Waals surface area contributed by atoms with Crippen LogP contribution < -0.4 is 5.69 Å². The van der Waals surface area contributed by atoms with E-state index in [1.807, 2.05) is 36.4 Å². The molecule has 0 amide bonds. The van der Waals surface area contributed by atoms with Crippen molar-refractivity contribution in [3.8, 4) is 0 Å². The maximum atomic E-state index is 13.5. The maximum Gasteiger partial charge on any atom is 0.326 e. The Hall–Kier alpha value is -3.19. The summed E-state index contributed by atoms with van der Waals surface area (Å²) in [4.78, 5) is 17.6. The molecule has 1 aliphatic rings. The van der Waals surface area contributed by atoms with Crippen LogP contribution >= 0.6 is 0 Å². The van der Waals surface area contributed by atoms with Crippen LogP contribution in [0.4, 0.5) is 0 Å². The van der Waals surface area contributed by atoms with Crippen molar-refractivity contribution in [3.05, 3.63) is 112 Å². The van der Waals surface area contributed by atoms with E-state index in [1.54, 1.807) is 4.57 Å². The highest BCUT2D eigenvalue weighted by atomic mass is 16.5. The van der Waals surface area contributed by atoms with E-state index >= 15 is 0 Å². The molecule has 1 N–H and O–H groups in total. The number of benzene rings is 3. The molecule has 1 saturated heterocycles. The number of nitrogens with one attached hydrogen (secondary N) is 1. The van der Waals surface area contributed by atoms with Crippen molar-refractivity contribution < 1.29 is 4.65 Å². The number of aryl methyl sites for hydroxylation is 1. The highest BCUT2D eigenvalue weighted by Crippen LogP contribution is 2.30. The summed E-state index contributed by atoms with van der Waals surface area (Å²) in [6.45, 7) is 3.74. The summed E-state index contributed by atoms with van der Waals surface area (Å²) < 4.78 is 1.56. The van der Waals surface area contributed by atoms with Crippen LogP contribution in [0.15, 0.2) is 89.7 Å². The molecular formula is C27H30N4O2. The zero-order valence-electron chi connectivity index (χ0n) is 18.8. The number of hydrogen-bond donors (Lipinski definition) is 1. The molecule has 6 heteroatoms. The predicted octanol–water partition coefficient (Wildman–Crippen LogP) is 4.14. The number of rotatable bonds is 7. The second-order valence-corrected chi connectivity index (χ2v) is 8.94. The number of hydrogen-bond acceptors (Lipinski definition) is 3. The first-order chi connectivity index (χ1) is 16.1. The first kappa shape index (κ1) is 21.6. The van der Waals surface area contributed by atoms with Gasteiger partial charge in [0.2, 0.25) is 0 Å². The zero-order chi connectivity index (χ0) is 22.7. The van der Waals surface area contributed by atoms with Gasteiger partial charge in [0, 0.05) is 26.1 Å². The molecular weight excluding hydrogens is 412 g/mol. The smallest absolute Gasteiger partial charge is 0.326 e. The van der Waals surface area contributed by atoms with Gasteiger partial charge in [-0.2, -0.15) is 0 Å². The SMILES string of the molecule is O=c1[nH]c2ccccc2n1CCC[N+]1([O-])CCN(C(c2ccccc2)c2ccccc2)CC1. The molecule has 6 nitrogen and oxygen atoms in total. The van der Waals surface area contributed by atoms with Gasteiger partial charge in [-0.3, -0.25) is 9.47 Å². The summed E-state index contributed by atoms with van der Waals surface area (Å²) in [6.07, 6.45) is 0.687. The Labute approximate surface area is 193 Å². The van der Waals surface area contributed by atoms with Crippen LogP contribution in [0.5, 0.6) is 0 Å². The number of aromatic nitrogens is 2. The topological polar surface area (TPSA) is 64.1 Å². The molecule has 5 rings (SSSR count). The fourth-order valence-electron chi connectivity index (χ4n) is 5.06. The molecule has 3 aromatic carbocycles. The minimum atomic E-state index is -0.191. The zero-order valence-corrected chi connectivity index (χ0v) is 18.8. The average molecular weight is 443 g/mol. The van der Waals surface area contributed by atoms with Crippen molar-refractivity contribution >= 4 is 11.0 Å². The number of piperazine rings is 1. The monoisotopic (exact) mass is 442 g/mol. The minimum Gasteiger partial charge on any atom is -0.633 e. The van der Waals surface area contributed by atoms with Crippen LogP contribution in [-0.4, -0.2) is 51.8 Å². The average Bonchev–Trinajstić information content (AvgIpc) is 3.17. The molecule has 0 unspecified atom stereocenters. The van der Waals surface area contributed by atoms with Crippen molar-refractivity contribution in [1.82, 2.24) is 14.5 Å². The first-order valence-electron chi connectivity index (χ1n) is 11.7. The molecule has 0 radical (unpaired) electrons. The number of H-pyrrole nitrogens is 1. The van der Waals surface area contributed by atoms with Crippen LogP contribution in [0.3, 0.4) is 0 Å². The molecule has 0 bridgehead atoms. The van der Waals surface area contributed by atoms with Crippen LogP contribution in [0, 0.1) is 5.21 Å². The van der Waals surface area contributed by atoms with Gasteiger partial charge in [0.25, 0.3) is 0 Å². The molecule has 1 aromatic heterocycles. The summed E-state index contributed by atoms with van der Waals surface area (Å²) in [5, 5.41) is 13.5. The van der Waals surface area contributed by atoms with Crippen molar-refractivity contribution in [2.75, 3.05) is 32.7 Å². The van der Waals surface area contributed by atoms with Gasteiger partial charge in [0.15, 0.2) is 0 Å². The lowest BCUT2D eigenvalue weighted by Crippen LogP contribution is -2.57. The number of fused-ring (bicyclic) bond motifs is 1. The lowest BCUT2D eigenvalue weighted by molar-refractivity contribution is -0.885. The molecule has 4 aromatic rings. The van der Waals surface area contributed by atoms with Gasteiger partial charge in [-0.05, 0) is 23.3 Å². The van der Waals surface area contributed by atoms with E-state index < -0.39 is 0 Å². The van der Waals surface area contributed by atoms with Crippen molar-refractivity contribution in [2.45, 2.75) is 19.0 Å². The third kappa shape index (κ3) is 4.64. The van der Waals surface area contributed by atoms with Crippen LogP contribution in [0.2, 0.25) is 0 Å². The van der Waals surface area contributed by atoms with E-state index in [0.717, 1.165) is 24.1 Å². The largest absolute Gasteiger partial charge is 0.633 e. The van der Waals surface area contributed by atoms with Crippen LogP contribution in [0.25, 0.3) is 11.0 Å². The molecule has 0 atom stereocenters. The Morgan fingerprint density at radius 2 is 1.42 bits per heavy atom. The normalized spacial score (nSPS) is 16.4. The van der Waals surface area contributed by atoms with Gasteiger partial charge >= 0.3 is 5.69 Å². The number of imidazole rings is 1. The summed E-state index contributed by atoms with van der Waals surface area (Å²) >= 11 is 0. The second-order valence-electron chi connectivity index (χ2n) is 8.94. The van der Waals surface area contributed by atoms with Gasteiger partial charge in [0.1, 0.15) is 0 Å². The molecule has 1 fully saturated rings. The third-order valence-corrected chi connectivity index (χ3v) is 6.81. The minimum absolute atomic E-state index is 0.105. The van der Waals surface area contributed by atoms with Crippen molar-refractivity contribution in [1.29, 1.82) is 0 Å². The predicted molar refractivity (Wildman–Crippen MR) is 132 cm³/mol. The number of hydroxylamine groups is 3. The van der Waals surface area contributed by atoms with E-state index in [9.17, 15) is 10.0 Å².